The second kappa shape index (κ2) is 6.73. The van der Waals surface area contributed by atoms with E-state index in [1.54, 1.807) is 0 Å². The summed E-state index contributed by atoms with van der Waals surface area (Å²) >= 11 is 9.39. The first kappa shape index (κ1) is 13.3. The maximum absolute atomic E-state index is 5.32. The van der Waals surface area contributed by atoms with E-state index in [9.17, 15) is 0 Å². The van der Waals surface area contributed by atoms with Crippen LogP contribution in [0.1, 0.15) is 0 Å². The summed E-state index contributed by atoms with van der Waals surface area (Å²) in [5, 5.41) is 5.47. The molecule has 0 aromatic rings. The van der Waals surface area contributed by atoms with Gasteiger partial charge in [0.05, 0.1) is 0 Å². The summed E-state index contributed by atoms with van der Waals surface area (Å²) in [6.07, 6.45) is -0.0305. The summed E-state index contributed by atoms with van der Waals surface area (Å²) < 4.78 is 0. The lowest BCUT2D eigenvalue weighted by Gasteiger charge is -2.36. The third kappa shape index (κ3) is 4.83. The molecule has 0 aliphatic carbocycles. The predicted octanol–water partition coefficient (Wildman–Crippen LogP) is -3.19. The average Bonchev–Trinajstić information content (AvgIpc) is 2.24. The zero-order valence-electron chi connectivity index (χ0n) is 8.62. The summed E-state index contributed by atoms with van der Waals surface area (Å²) in [6, 6.07) is 0. The fraction of sp³-hybridized carbons (Fsp3) is 0.667. The van der Waals surface area contributed by atoms with E-state index in [-0.39, 0.29) is 16.4 Å². The number of thiocarbonyl (C=S) groups is 2. The number of rotatable bonds is 4. The number of hydrogen-bond donors (Lipinski definition) is 7. The first-order valence-electron chi connectivity index (χ1n) is 4.69. The Hall–Kier alpha value is -0.780. The van der Waals surface area contributed by atoms with Crippen LogP contribution in [-0.2, 0) is 0 Å². The highest BCUT2D eigenvalue weighted by Crippen LogP contribution is 1.93. The molecule has 1 aliphatic heterocycles. The van der Waals surface area contributed by atoms with Gasteiger partial charge in [0.1, 0.15) is 6.17 Å². The molecule has 8 nitrogen and oxygen atoms in total. The largest absolute Gasteiger partial charge is 0.375 e. The minimum atomic E-state index is -0.0305. The highest BCUT2D eigenvalue weighted by Gasteiger charge is 2.21. The van der Waals surface area contributed by atoms with Crippen molar-refractivity contribution in [3.05, 3.63) is 0 Å². The van der Waals surface area contributed by atoms with E-state index in [1.165, 1.54) is 0 Å². The van der Waals surface area contributed by atoms with E-state index in [0.717, 1.165) is 19.6 Å². The molecule has 0 amide bonds. The van der Waals surface area contributed by atoms with Crippen LogP contribution in [-0.4, -0.2) is 41.0 Å². The van der Waals surface area contributed by atoms with Crippen LogP contribution < -0.4 is 38.6 Å². The Morgan fingerprint density at radius 2 is 1.94 bits per heavy atom. The second-order valence-corrected chi connectivity index (χ2v) is 4.03. The van der Waals surface area contributed by atoms with Crippen LogP contribution in [0.3, 0.4) is 0 Å². The van der Waals surface area contributed by atoms with Gasteiger partial charge in [-0.3, -0.25) is 10.9 Å². The molecule has 1 fully saturated rings. The van der Waals surface area contributed by atoms with Crippen molar-refractivity contribution in [1.29, 1.82) is 0 Å². The summed E-state index contributed by atoms with van der Waals surface area (Å²) in [5.74, 6) is 0. The molecule has 1 aliphatic rings. The highest BCUT2D eigenvalue weighted by atomic mass is 32.1. The van der Waals surface area contributed by atoms with Crippen molar-refractivity contribution in [1.82, 2.24) is 32.1 Å². The number of nitrogens with zero attached hydrogens (tertiary/aromatic N) is 1. The van der Waals surface area contributed by atoms with Crippen LogP contribution in [0.15, 0.2) is 0 Å². The average molecular weight is 264 g/mol. The van der Waals surface area contributed by atoms with Gasteiger partial charge in [0.25, 0.3) is 0 Å². The lowest BCUT2D eigenvalue weighted by molar-refractivity contribution is 0.0604. The van der Waals surface area contributed by atoms with Gasteiger partial charge in [0.15, 0.2) is 10.2 Å². The number of hydrogen-bond acceptors (Lipinski definition) is 6. The van der Waals surface area contributed by atoms with Crippen molar-refractivity contribution in [3.63, 3.8) is 0 Å². The molecule has 1 heterocycles. The molecule has 0 saturated carbocycles. The first-order chi connectivity index (χ1) is 7.59. The lowest BCUT2D eigenvalue weighted by Crippen LogP contribution is -2.68. The predicted molar refractivity (Wildman–Crippen MR) is 69.5 cm³/mol. The summed E-state index contributed by atoms with van der Waals surface area (Å²) in [6.45, 7) is 2.35. The Labute approximate surface area is 104 Å². The fourth-order valence-electron chi connectivity index (χ4n) is 1.25. The standard InChI is InChI=1S/C6H16N8S2/c7-5(15)11-10-4-3-9-1-2-14(4)13-12-6(8)16/h4,9-10,13H,1-3H2,(H3,7,11,15)(H3,8,12,16). The maximum atomic E-state index is 5.32. The number of nitrogens with two attached hydrogens (primary N) is 2. The Balaban J connectivity index is 2.37. The molecule has 1 saturated heterocycles. The molecule has 0 bridgehead atoms. The molecule has 0 radical (unpaired) electrons. The van der Waals surface area contributed by atoms with Crippen molar-refractivity contribution in [3.8, 4) is 0 Å². The molecular formula is C6H16N8S2. The Morgan fingerprint density at radius 1 is 1.25 bits per heavy atom. The van der Waals surface area contributed by atoms with E-state index in [1.807, 2.05) is 5.01 Å². The van der Waals surface area contributed by atoms with Crippen LogP contribution in [0.4, 0.5) is 0 Å². The SMILES string of the molecule is NC(=S)NNC1CNCCN1NNC(N)=S. The zero-order chi connectivity index (χ0) is 12.0. The molecule has 0 aromatic heterocycles. The molecule has 1 unspecified atom stereocenters. The minimum Gasteiger partial charge on any atom is -0.375 e. The molecule has 10 heteroatoms. The first-order valence-corrected chi connectivity index (χ1v) is 5.50. The summed E-state index contributed by atoms with van der Waals surface area (Å²) in [4.78, 5) is 0. The third-order valence-corrected chi connectivity index (χ3v) is 2.13. The van der Waals surface area contributed by atoms with Gasteiger partial charge >= 0.3 is 0 Å². The normalized spacial score (nSPS) is 21.4. The van der Waals surface area contributed by atoms with Gasteiger partial charge < -0.3 is 16.8 Å². The quantitative estimate of drug-likeness (QED) is 0.207. The van der Waals surface area contributed by atoms with Gasteiger partial charge in [-0.05, 0) is 24.4 Å². The highest BCUT2D eigenvalue weighted by molar-refractivity contribution is 7.80. The van der Waals surface area contributed by atoms with Crippen LogP contribution in [0.2, 0.25) is 0 Å². The molecule has 9 N–H and O–H groups in total. The van der Waals surface area contributed by atoms with Crippen LogP contribution >= 0.6 is 24.4 Å². The monoisotopic (exact) mass is 264 g/mol. The van der Waals surface area contributed by atoms with Gasteiger partial charge in [0, 0.05) is 19.6 Å². The van der Waals surface area contributed by atoms with Crippen molar-refractivity contribution in [2.24, 2.45) is 11.5 Å². The van der Waals surface area contributed by atoms with Gasteiger partial charge in [-0.15, -0.1) is 0 Å². The van der Waals surface area contributed by atoms with Crippen molar-refractivity contribution < 1.29 is 0 Å². The number of nitrogens with one attached hydrogen (secondary N) is 5. The number of piperazine rings is 1. The lowest BCUT2D eigenvalue weighted by atomic mass is 10.3. The zero-order valence-corrected chi connectivity index (χ0v) is 10.3. The molecule has 1 atom stereocenters. The van der Waals surface area contributed by atoms with E-state index in [0.29, 0.717) is 0 Å². The topological polar surface area (TPSA) is 115 Å². The molecular weight excluding hydrogens is 248 g/mol. The summed E-state index contributed by atoms with van der Waals surface area (Å²) in [7, 11) is 0. The Bertz CT molecular complexity index is 233. The van der Waals surface area contributed by atoms with Crippen molar-refractivity contribution in [2.45, 2.75) is 6.17 Å². The van der Waals surface area contributed by atoms with Gasteiger partial charge in [-0.25, -0.2) is 10.4 Å². The Kier molecular flexibility index (Phi) is 5.59. The molecule has 92 valence electrons. The van der Waals surface area contributed by atoms with Gasteiger partial charge in [-0.1, -0.05) is 0 Å². The molecule has 1 rings (SSSR count). The van der Waals surface area contributed by atoms with E-state index >= 15 is 0 Å². The number of hydrazine groups is 3. The van der Waals surface area contributed by atoms with Crippen molar-refractivity contribution in [2.75, 3.05) is 19.6 Å². The maximum Gasteiger partial charge on any atom is 0.179 e. The minimum absolute atomic E-state index is 0.0305. The van der Waals surface area contributed by atoms with Crippen LogP contribution in [0.25, 0.3) is 0 Å². The van der Waals surface area contributed by atoms with Gasteiger partial charge in [0.2, 0.25) is 0 Å². The molecule has 0 spiro atoms. The smallest absolute Gasteiger partial charge is 0.179 e. The van der Waals surface area contributed by atoms with Gasteiger partial charge in [-0.2, -0.15) is 5.53 Å². The fourth-order valence-corrected chi connectivity index (χ4v) is 1.35. The molecule has 16 heavy (non-hydrogen) atoms. The summed E-state index contributed by atoms with van der Waals surface area (Å²) in [5.41, 5.74) is 21.8. The Morgan fingerprint density at radius 3 is 2.56 bits per heavy atom. The van der Waals surface area contributed by atoms with Crippen LogP contribution in [0, 0.1) is 0 Å². The second-order valence-electron chi connectivity index (χ2n) is 3.15. The molecule has 0 aromatic carbocycles. The van der Waals surface area contributed by atoms with Crippen LogP contribution in [0.5, 0.6) is 0 Å². The van der Waals surface area contributed by atoms with E-state index in [4.69, 9.17) is 35.9 Å². The van der Waals surface area contributed by atoms with E-state index < -0.39 is 0 Å². The van der Waals surface area contributed by atoms with E-state index in [2.05, 4.69) is 27.1 Å². The van der Waals surface area contributed by atoms with Crippen molar-refractivity contribution >= 4 is 34.7 Å². The third-order valence-electron chi connectivity index (χ3n) is 1.93.